The second-order valence-corrected chi connectivity index (χ2v) is 8.92. The number of hydrogen-bond acceptors (Lipinski definition) is 7. The molecular formula is C19H19N7O2S. The molecule has 0 amide bonds. The maximum absolute atomic E-state index is 13.1. The Morgan fingerprint density at radius 3 is 2.48 bits per heavy atom. The van der Waals surface area contributed by atoms with E-state index in [1.54, 1.807) is 23.9 Å². The van der Waals surface area contributed by atoms with Gasteiger partial charge in [0.2, 0.25) is 10.0 Å². The third kappa shape index (κ3) is 3.00. The second-order valence-electron chi connectivity index (χ2n) is 6.98. The second kappa shape index (κ2) is 6.75. The first kappa shape index (κ1) is 18.0. The van der Waals surface area contributed by atoms with E-state index in [0.29, 0.717) is 48.1 Å². The first-order valence-electron chi connectivity index (χ1n) is 9.28. The van der Waals surface area contributed by atoms with Crippen LogP contribution in [-0.4, -0.2) is 63.9 Å². The maximum atomic E-state index is 13.1. The molecule has 5 rings (SSSR count). The van der Waals surface area contributed by atoms with Crippen LogP contribution in [0.3, 0.4) is 0 Å². The number of benzene rings is 2. The first-order chi connectivity index (χ1) is 14.0. The highest BCUT2D eigenvalue weighted by Crippen LogP contribution is 2.25. The highest BCUT2D eigenvalue weighted by atomic mass is 32.2. The molecule has 0 N–H and O–H groups in total. The van der Waals surface area contributed by atoms with Crippen LogP contribution in [0.5, 0.6) is 0 Å². The lowest BCUT2D eigenvalue weighted by molar-refractivity contribution is 0.384. The van der Waals surface area contributed by atoms with Gasteiger partial charge in [-0.15, -0.1) is 5.10 Å². The van der Waals surface area contributed by atoms with Crippen molar-refractivity contribution in [2.45, 2.75) is 4.90 Å². The van der Waals surface area contributed by atoms with E-state index in [1.165, 1.54) is 10.6 Å². The number of aryl methyl sites for hydroxylation is 1. The van der Waals surface area contributed by atoms with Crippen molar-refractivity contribution in [2.75, 3.05) is 31.1 Å². The fourth-order valence-electron chi connectivity index (χ4n) is 3.69. The maximum Gasteiger partial charge on any atom is 0.243 e. The van der Waals surface area contributed by atoms with E-state index in [-0.39, 0.29) is 0 Å². The van der Waals surface area contributed by atoms with Crippen LogP contribution in [0.1, 0.15) is 0 Å². The fraction of sp³-hybridized carbons (Fsp3) is 0.263. The first-order valence-corrected chi connectivity index (χ1v) is 10.7. The van der Waals surface area contributed by atoms with Crippen molar-refractivity contribution in [1.82, 2.24) is 29.3 Å². The standard InChI is InChI=1S/C19H19N7O2S/c1-24-18-17(22-23-24)19(21-13-20-18)25-8-10-26(11-9-25)29(27,28)16-7-6-14-4-2-3-5-15(14)12-16/h2-7,12-13H,8-11H2,1H3. The lowest BCUT2D eigenvalue weighted by Crippen LogP contribution is -2.49. The Balaban J connectivity index is 1.39. The third-order valence-corrected chi connectivity index (χ3v) is 7.16. The Bertz CT molecular complexity index is 1310. The van der Waals surface area contributed by atoms with Gasteiger partial charge in [0.05, 0.1) is 4.90 Å². The van der Waals surface area contributed by atoms with Crippen molar-refractivity contribution in [3.63, 3.8) is 0 Å². The van der Waals surface area contributed by atoms with Gasteiger partial charge in [0.1, 0.15) is 6.33 Å². The lowest BCUT2D eigenvalue weighted by Gasteiger charge is -2.34. The number of fused-ring (bicyclic) bond motifs is 2. The molecular weight excluding hydrogens is 390 g/mol. The van der Waals surface area contributed by atoms with Crippen LogP contribution in [0.25, 0.3) is 21.9 Å². The minimum atomic E-state index is -3.56. The van der Waals surface area contributed by atoms with Crippen LogP contribution < -0.4 is 4.90 Å². The Kier molecular flexibility index (Phi) is 4.18. The van der Waals surface area contributed by atoms with Crippen molar-refractivity contribution in [3.05, 3.63) is 48.8 Å². The quantitative estimate of drug-likeness (QED) is 0.505. The minimum absolute atomic E-state index is 0.322. The van der Waals surface area contributed by atoms with Crippen molar-refractivity contribution < 1.29 is 8.42 Å². The third-order valence-electron chi connectivity index (χ3n) is 5.27. The van der Waals surface area contributed by atoms with Crippen LogP contribution in [0.15, 0.2) is 53.7 Å². The molecule has 0 bridgehead atoms. The van der Waals surface area contributed by atoms with Crippen molar-refractivity contribution in [2.24, 2.45) is 7.05 Å². The highest BCUT2D eigenvalue weighted by molar-refractivity contribution is 7.89. The molecule has 1 fully saturated rings. The van der Waals surface area contributed by atoms with E-state index < -0.39 is 10.0 Å². The predicted octanol–water partition coefficient (Wildman–Crippen LogP) is 1.42. The number of nitrogens with zero attached hydrogens (tertiary/aromatic N) is 7. The van der Waals surface area contributed by atoms with Gasteiger partial charge < -0.3 is 4.90 Å². The largest absolute Gasteiger partial charge is 0.352 e. The van der Waals surface area contributed by atoms with Gasteiger partial charge in [-0.1, -0.05) is 35.5 Å². The van der Waals surface area contributed by atoms with Crippen molar-refractivity contribution >= 4 is 37.8 Å². The molecule has 0 unspecified atom stereocenters. The summed E-state index contributed by atoms with van der Waals surface area (Å²) in [7, 11) is -1.78. The van der Waals surface area contributed by atoms with E-state index >= 15 is 0 Å². The zero-order valence-electron chi connectivity index (χ0n) is 15.8. The molecule has 1 aliphatic heterocycles. The minimum Gasteiger partial charge on any atom is -0.352 e. The van der Waals surface area contributed by atoms with Gasteiger partial charge in [-0.05, 0) is 22.9 Å². The van der Waals surface area contributed by atoms with Gasteiger partial charge in [0, 0.05) is 33.2 Å². The molecule has 9 nitrogen and oxygen atoms in total. The summed E-state index contributed by atoms with van der Waals surface area (Å²) in [5.41, 5.74) is 1.28. The molecule has 2 aromatic heterocycles. The Hall–Kier alpha value is -3.11. The van der Waals surface area contributed by atoms with Crippen molar-refractivity contribution in [1.29, 1.82) is 0 Å². The Labute approximate surface area is 167 Å². The van der Waals surface area contributed by atoms with Crippen LogP contribution in [-0.2, 0) is 17.1 Å². The molecule has 0 atom stereocenters. The van der Waals surface area contributed by atoms with E-state index in [0.717, 1.165) is 10.8 Å². The number of sulfonamides is 1. The molecule has 10 heteroatoms. The molecule has 1 saturated heterocycles. The summed E-state index contributed by atoms with van der Waals surface area (Å²) in [6, 6.07) is 13.0. The van der Waals surface area contributed by atoms with Crippen LogP contribution in [0.4, 0.5) is 5.82 Å². The number of rotatable bonds is 3. The summed E-state index contributed by atoms with van der Waals surface area (Å²) in [6.07, 6.45) is 1.49. The molecule has 148 valence electrons. The van der Waals surface area contributed by atoms with E-state index in [1.807, 2.05) is 35.2 Å². The molecule has 0 spiro atoms. The lowest BCUT2D eigenvalue weighted by atomic mass is 10.1. The van der Waals surface area contributed by atoms with Gasteiger partial charge >= 0.3 is 0 Å². The summed E-state index contributed by atoms with van der Waals surface area (Å²) in [5, 5.41) is 10.1. The molecule has 0 aliphatic carbocycles. The summed E-state index contributed by atoms with van der Waals surface area (Å²) in [6.45, 7) is 1.80. The summed E-state index contributed by atoms with van der Waals surface area (Å²) in [5.74, 6) is 0.686. The van der Waals surface area contributed by atoms with E-state index in [9.17, 15) is 8.42 Å². The average Bonchev–Trinajstić information content (AvgIpc) is 3.14. The fourth-order valence-corrected chi connectivity index (χ4v) is 5.15. The topological polar surface area (TPSA) is 97.1 Å². The number of piperazine rings is 1. The highest BCUT2D eigenvalue weighted by Gasteiger charge is 2.30. The monoisotopic (exact) mass is 409 g/mol. The zero-order chi connectivity index (χ0) is 20.0. The molecule has 2 aromatic carbocycles. The predicted molar refractivity (Wildman–Crippen MR) is 109 cm³/mol. The molecule has 29 heavy (non-hydrogen) atoms. The number of anilines is 1. The van der Waals surface area contributed by atoms with Gasteiger partial charge in [-0.3, -0.25) is 0 Å². The normalized spacial score (nSPS) is 16.0. The van der Waals surface area contributed by atoms with Gasteiger partial charge in [0.25, 0.3) is 0 Å². The molecule has 3 heterocycles. The van der Waals surface area contributed by atoms with Crippen LogP contribution >= 0.6 is 0 Å². The molecule has 1 aliphatic rings. The SMILES string of the molecule is Cn1nnc2c(N3CCN(S(=O)(=O)c4ccc5ccccc5c4)CC3)ncnc21. The molecule has 4 aromatic rings. The van der Waals surface area contributed by atoms with Crippen molar-refractivity contribution in [3.8, 4) is 0 Å². The molecule has 0 saturated carbocycles. The van der Waals surface area contributed by atoms with E-state index in [2.05, 4.69) is 20.3 Å². The summed E-state index contributed by atoms with van der Waals surface area (Å²) >= 11 is 0. The van der Waals surface area contributed by atoms with Gasteiger partial charge in [0.15, 0.2) is 17.0 Å². The Morgan fingerprint density at radius 2 is 1.69 bits per heavy atom. The van der Waals surface area contributed by atoms with E-state index in [4.69, 9.17) is 0 Å². The van der Waals surface area contributed by atoms with Crippen LogP contribution in [0.2, 0.25) is 0 Å². The summed E-state index contributed by atoms with van der Waals surface area (Å²) < 4.78 is 29.4. The van der Waals surface area contributed by atoms with Crippen LogP contribution in [0, 0.1) is 0 Å². The number of aromatic nitrogens is 5. The average molecular weight is 409 g/mol. The molecule has 0 radical (unpaired) electrons. The van der Waals surface area contributed by atoms with Gasteiger partial charge in [-0.25, -0.2) is 23.1 Å². The summed E-state index contributed by atoms with van der Waals surface area (Å²) in [4.78, 5) is 10.9. The Morgan fingerprint density at radius 1 is 0.931 bits per heavy atom. The smallest absolute Gasteiger partial charge is 0.243 e. The zero-order valence-corrected chi connectivity index (χ0v) is 16.6. The van der Waals surface area contributed by atoms with Gasteiger partial charge in [-0.2, -0.15) is 4.31 Å². The number of hydrogen-bond donors (Lipinski definition) is 0.